The van der Waals surface area contributed by atoms with Crippen LogP contribution in [0.4, 0.5) is 10.1 Å². The number of nitrogens with two attached hydrogens (primary N) is 1. The second-order valence-corrected chi connectivity index (χ2v) is 6.90. The van der Waals surface area contributed by atoms with Crippen LogP contribution in [0.2, 0.25) is 5.35 Å². The number of benzene rings is 1. The molecule has 1 aromatic heterocycles. The van der Waals surface area contributed by atoms with Crippen LogP contribution >= 0.6 is 23.4 Å². The lowest BCUT2D eigenvalue weighted by Gasteiger charge is -2.30. The van der Waals surface area contributed by atoms with E-state index in [4.69, 9.17) is 21.8 Å². The van der Waals surface area contributed by atoms with E-state index >= 15 is 0 Å². The van der Waals surface area contributed by atoms with Gasteiger partial charge in [0.1, 0.15) is 12.1 Å². The molecule has 0 bridgehead atoms. The number of amides is 1. The summed E-state index contributed by atoms with van der Waals surface area (Å²) >= 11 is 6.99. The molecule has 6 nitrogen and oxygen atoms in total. The normalized spacial score (nSPS) is 20.5. The lowest BCUT2D eigenvalue weighted by atomic mass is 9.89. The van der Waals surface area contributed by atoms with E-state index in [2.05, 4.69) is 15.3 Å². The van der Waals surface area contributed by atoms with Gasteiger partial charge in [0.25, 0.3) is 11.3 Å². The van der Waals surface area contributed by atoms with Crippen molar-refractivity contribution >= 4 is 40.1 Å². The number of rotatable bonds is 3. The summed E-state index contributed by atoms with van der Waals surface area (Å²) in [5, 5.41) is 2.93. The molecule has 9 heteroatoms. The first-order valence-corrected chi connectivity index (χ1v) is 8.44. The van der Waals surface area contributed by atoms with Gasteiger partial charge in [-0.1, -0.05) is 11.8 Å². The number of aromatic nitrogens is 1. The first-order valence-electron chi connectivity index (χ1n) is 7.08. The summed E-state index contributed by atoms with van der Waals surface area (Å²) in [7, 11) is 0. The van der Waals surface area contributed by atoms with Crippen LogP contribution in [0.1, 0.15) is 29.4 Å². The molecule has 0 unspecified atom stereocenters. The van der Waals surface area contributed by atoms with Crippen molar-refractivity contribution in [3.8, 4) is 0 Å². The Hall–Kier alpha value is -2.06. The molecule has 0 radical (unpaired) electrons. The number of hydrogen-bond acceptors (Lipinski definition) is 6. The maximum atomic E-state index is 14.3. The maximum absolute atomic E-state index is 14.3. The molecule has 1 atom stereocenters. The number of thioether (sulfide) groups is 1. The van der Waals surface area contributed by atoms with Gasteiger partial charge in [0.05, 0.1) is 5.54 Å². The highest BCUT2D eigenvalue weighted by Crippen LogP contribution is 2.37. The molecule has 1 aromatic carbocycles. The molecule has 1 amide bonds. The molecule has 126 valence electrons. The number of nitrogens with one attached hydrogen (secondary N) is 1. The van der Waals surface area contributed by atoms with Crippen molar-refractivity contribution < 1.29 is 13.6 Å². The summed E-state index contributed by atoms with van der Waals surface area (Å²) in [4.78, 5) is 20.2. The largest absolute Gasteiger partial charge is 0.435 e. The molecule has 2 heterocycles. The van der Waals surface area contributed by atoms with E-state index in [1.807, 2.05) is 6.92 Å². The number of carbonyl (C=O) groups is 1. The average Bonchev–Trinajstić information content (AvgIpc) is 2.95. The van der Waals surface area contributed by atoms with Gasteiger partial charge in [-0.25, -0.2) is 4.39 Å². The van der Waals surface area contributed by atoms with Gasteiger partial charge >= 0.3 is 0 Å². The van der Waals surface area contributed by atoms with Crippen LogP contribution in [-0.2, 0) is 5.54 Å². The summed E-state index contributed by atoms with van der Waals surface area (Å²) in [5.41, 5.74) is 5.85. The minimum atomic E-state index is -0.767. The van der Waals surface area contributed by atoms with Crippen LogP contribution in [0, 0.1) is 5.82 Å². The van der Waals surface area contributed by atoms with Gasteiger partial charge in [-0.3, -0.25) is 9.79 Å². The molecular weight excluding hydrogens is 355 g/mol. The van der Waals surface area contributed by atoms with Crippen LogP contribution < -0.4 is 11.1 Å². The Kier molecular flexibility index (Phi) is 4.51. The van der Waals surface area contributed by atoms with Gasteiger partial charge in [0, 0.05) is 17.0 Å². The number of anilines is 1. The fraction of sp³-hybridized carbons (Fsp3) is 0.267. The number of amidine groups is 1. The van der Waals surface area contributed by atoms with Crippen molar-refractivity contribution in [3.63, 3.8) is 0 Å². The highest BCUT2D eigenvalue weighted by Gasteiger charge is 2.32. The van der Waals surface area contributed by atoms with Crippen molar-refractivity contribution in [2.45, 2.75) is 18.9 Å². The topological polar surface area (TPSA) is 93.5 Å². The zero-order valence-corrected chi connectivity index (χ0v) is 14.2. The number of halogens is 2. The molecule has 24 heavy (non-hydrogen) atoms. The van der Waals surface area contributed by atoms with Crippen LogP contribution in [0.3, 0.4) is 0 Å². The van der Waals surface area contributed by atoms with Gasteiger partial charge in [-0.15, -0.1) is 0 Å². The Bertz CT molecular complexity index is 826. The number of hydrogen-bond donors (Lipinski definition) is 2. The first-order chi connectivity index (χ1) is 11.4. The Morgan fingerprint density at radius 1 is 1.54 bits per heavy atom. The molecule has 2 aromatic rings. The van der Waals surface area contributed by atoms with Crippen molar-refractivity contribution in [2.75, 3.05) is 11.1 Å². The summed E-state index contributed by atoms with van der Waals surface area (Å²) in [6.45, 7) is 1.82. The van der Waals surface area contributed by atoms with Crippen LogP contribution in [0.5, 0.6) is 0 Å². The minimum absolute atomic E-state index is 0.0356. The molecule has 0 fully saturated rings. The third-order valence-electron chi connectivity index (χ3n) is 3.71. The number of carbonyl (C=O) groups excluding carboxylic acids is 1. The third-order valence-corrected chi connectivity index (χ3v) is 4.68. The van der Waals surface area contributed by atoms with Crippen molar-refractivity contribution in [1.82, 2.24) is 4.98 Å². The summed E-state index contributed by atoms with van der Waals surface area (Å²) in [5.74, 6) is -0.154. The van der Waals surface area contributed by atoms with E-state index in [9.17, 15) is 9.18 Å². The Labute approximate surface area is 146 Å². The second kappa shape index (κ2) is 6.45. The smallest absolute Gasteiger partial charge is 0.292 e. The highest BCUT2D eigenvalue weighted by atomic mass is 35.5. The van der Waals surface area contributed by atoms with E-state index in [1.54, 1.807) is 6.07 Å². The van der Waals surface area contributed by atoms with Crippen LogP contribution in [-0.4, -0.2) is 21.8 Å². The van der Waals surface area contributed by atoms with E-state index in [-0.39, 0.29) is 11.0 Å². The van der Waals surface area contributed by atoms with Gasteiger partial charge in [0.2, 0.25) is 0 Å². The quantitative estimate of drug-likeness (QED) is 0.866. The van der Waals surface area contributed by atoms with Crippen LogP contribution in [0.15, 0.2) is 33.9 Å². The predicted molar refractivity (Wildman–Crippen MR) is 91.9 cm³/mol. The van der Waals surface area contributed by atoms with Crippen molar-refractivity contribution in [3.05, 3.63) is 46.9 Å². The minimum Gasteiger partial charge on any atom is -0.435 e. The molecule has 1 aliphatic rings. The maximum Gasteiger partial charge on any atom is 0.292 e. The Balaban J connectivity index is 1.89. The highest BCUT2D eigenvalue weighted by molar-refractivity contribution is 8.13. The lowest BCUT2D eigenvalue weighted by Crippen LogP contribution is -2.29. The molecule has 0 spiro atoms. The first kappa shape index (κ1) is 16.8. The molecular formula is C15H14ClFN4O2S. The van der Waals surface area contributed by atoms with E-state index in [0.717, 1.165) is 12.0 Å². The van der Waals surface area contributed by atoms with Crippen molar-refractivity contribution in [2.24, 2.45) is 10.7 Å². The standard InChI is InChI=1S/C15H14ClFN4O2S/c1-15(4-5-24-14(18)21-15)9-6-8(2-3-10(9)17)19-12(22)11-7-23-13(16)20-11/h2-3,6-7H,4-5H2,1H3,(H2,18,21)(H,19,22)/t15-/m0/s1. The second-order valence-electron chi connectivity index (χ2n) is 5.46. The van der Waals surface area contributed by atoms with Gasteiger partial charge in [0.15, 0.2) is 10.9 Å². The third kappa shape index (κ3) is 3.39. The number of oxazole rings is 1. The van der Waals surface area contributed by atoms with Gasteiger partial charge < -0.3 is 15.5 Å². The van der Waals surface area contributed by atoms with Crippen LogP contribution in [0.25, 0.3) is 0 Å². The molecule has 3 rings (SSSR count). The SMILES string of the molecule is C[C@@]1(c2cc(NC(=O)c3coc(Cl)n3)ccc2F)CCSC(N)=N1. The fourth-order valence-electron chi connectivity index (χ4n) is 2.45. The Morgan fingerprint density at radius 2 is 2.33 bits per heavy atom. The van der Waals surface area contributed by atoms with E-state index in [0.29, 0.717) is 22.8 Å². The zero-order valence-electron chi connectivity index (χ0n) is 12.7. The summed E-state index contributed by atoms with van der Waals surface area (Å²) in [6, 6.07) is 4.31. The van der Waals surface area contributed by atoms with Gasteiger partial charge in [-0.05, 0) is 43.1 Å². The number of nitrogens with zero attached hydrogens (tertiary/aromatic N) is 2. The van der Waals surface area contributed by atoms with E-state index < -0.39 is 17.3 Å². The summed E-state index contributed by atoms with van der Waals surface area (Å²) < 4.78 is 19.1. The average molecular weight is 369 g/mol. The molecule has 3 N–H and O–H groups in total. The molecule has 1 aliphatic heterocycles. The molecule has 0 saturated carbocycles. The monoisotopic (exact) mass is 368 g/mol. The molecule has 0 saturated heterocycles. The van der Waals surface area contributed by atoms with Crippen molar-refractivity contribution in [1.29, 1.82) is 0 Å². The fourth-order valence-corrected chi connectivity index (χ4v) is 3.56. The van der Waals surface area contributed by atoms with E-state index in [1.165, 1.54) is 23.9 Å². The molecule has 0 aliphatic carbocycles. The number of aliphatic imine (C=N–C) groups is 1. The predicted octanol–water partition coefficient (Wildman–Crippen LogP) is 3.39. The Morgan fingerprint density at radius 3 is 3.00 bits per heavy atom. The lowest BCUT2D eigenvalue weighted by molar-refractivity contribution is 0.102. The summed E-state index contributed by atoms with van der Waals surface area (Å²) in [6.07, 6.45) is 1.79. The zero-order chi connectivity index (χ0) is 17.3. The van der Waals surface area contributed by atoms with Gasteiger partial charge in [-0.2, -0.15) is 4.98 Å².